The number of aryl methyl sites for hydroxylation is 1. The average molecular weight is 286 g/mol. The van der Waals surface area contributed by atoms with Crippen LogP contribution in [0.3, 0.4) is 0 Å². The molecule has 1 aromatic heterocycles. The van der Waals surface area contributed by atoms with E-state index in [2.05, 4.69) is 47.6 Å². The van der Waals surface area contributed by atoms with Crippen LogP contribution in [-0.4, -0.2) is 40.3 Å². The summed E-state index contributed by atoms with van der Waals surface area (Å²) in [5.74, 6) is 0. The topological polar surface area (TPSA) is 28.4 Å². The highest BCUT2D eigenvalue weighted by Gasteiger charge is 2.17. The molecular formula is C18H26N2O. The molecule has 1 aliphatic heterocycles. The summed E-state index contributed by atoms with van der Waals surface area (Å²) in [6, 6.07) is 8.49. The van der Waals surface area contributed by atoms with Gasteiger partial charge in [0.25, 0.3) is 0 Å². The zero-order chi connectivity index (χ0) is 14.8. The second-order valence-electron chi connectivity index (χ2n) is 6.35. The first-order valence-corrected chi connectivity index (χ1v) is 8.11. The van der Waals surface area contributed by atoms with Gasteiger partial charge in [-0.3, -0.25) is 0 Å². The number of likely N-dealkylation sites (tertiary alicyclic amines) is 1. The predicted octanol–water partition coefficient (Wildman–Crippen LogP) is 3.10. The van der Waals surface area contributed by atoms with E-state index in [0.29, 0.717) is 6.54 Å². The van der Waals surface area contributed by atoms with Crippen LogP contribution < -0.4 is 0 Å². The lowest BCUT2D eigenvalue weighted by molar-refractivity contribution is 0.0888. The molecule has 1 N–H and O–H groups in total. The van der Waals surface area contributed by atoms with E-state index in [9.17, 15) is 5.11 Å². The van der Waals surface area contributed by atoms with Crippen molar-refractivity contribution in [1.29, 1.82) is 0 Å². The molecule has 2 heterocycles. The number of nitrogens with zero attached hydrogens (tertiary/aromatic N) is 2. The van der Waals surface area contributed by atoms with Gasteiger partial charge >= 0.3 is 0 Å². The average Bonchev–Trinajstić information content (AvgIpc) is 2.74. The maximum absolute atomic E-state index is 10.5. The maximum Gasteiger partial charge on any atom is 0.0845 e. The Labute approximate surface area is 127 Å². The molecule has 0 saturated carbocycles. The van der Waals surface area contributed by atoms with E-state index in [-0.39, 0.29) is 6.10 Å². The van der Waals surface area contributed by atoms with Crippen LogP contribution in [-0.2, 0) is 6.54 Å². The van der Waals surface area contributed by atoms with E-state index in [1.807, 2.05) is 0 Å². The first-order valence-electron chi connectivity index (χ1n) is 8.11. The molecule has 114 valence electrons. The fourth-order valence-electron chi connectivity index (χ4n) is 3.55. The molecular weight excluding hydrogens is 260 g/mol. The molecule has 3 rings (SSSR count). The summed E-state index contributed by atoms with van der Waals surface area (Å²) in [4.78, 5) is 2.40. The molecule has 0 aliphatic carbocycles. The van der Waals surface area contributed by atoms with E-state index >= 15 is 0 Å². The summed E-state index contributed by atoms with van der Waals surface area (Å²) in [7, 11) is 0. The molecule has 3 nitrogen and oxygen atoms in total. The Kier molecular flexibility index (Phi) is 4.32. The van der Waals surface area contributed by atoms with Crippen molar-refractivity contribution >= 4 is 10.9 Å². The van der Waals surface area contributed by atoms with Crippen molar-refractivity contribution in [3.05, 3.63) is 35.5 Å². The summed E-state index contributed by atoms with van der Waals surface area (Å²) in [5, 5.41) is 11.8. The Bertz CT molecular complexity index is 611. The second kappa shape index (κ2) is 6.20. The van der Waals surface area contributed by atoms with E-state index in [0.717, 1.165) is 19.6 Å². The predicted molar refractivity (Wildman–Crippen MR) is 87.7 cm³/mol. The summed E-state index contributed by atoms with van der Waals surface area (Å²) < 4.78 is 2.28. The lowest BCUT2D eigenvalue weighted by atomic mass is 10.1. The molecule has 1 saturated heterocycles. The van der Waals surface area contributed by atoms with Crippen molar-refractivity contribution in [3.63, 3.8) is 0 Å². The monoisotopic (exact) mass is 286 g/mol. The minimum atomic E-state index is -0.294. The van der Waals surface area contributed by atoms with Crippen molar-refractivity contribution in [2.24, 2.45) is 0 Å². The van der Waals surface area contributed by atoms with Gasteiger partial charge in [0.05, 0.1) is 12.6 Å². The van der Waals surface area contributed by atoms with Gasteiger partial charge in [0.1, 0.15) is 0 Å². The van der Waals surface area contributed by atoms with Gasteiger partial charge in [-0.15, -0.1) is 0 Å². The molecule has 21 heavy (non-hydrogen) atoms. The number of hydrogen-bond donors (Lipinski definition) is 1. The Balaban J connectivity index is 1.76. The van der Waals surface area contributed by atoms with Gasteiger partial charge in [0.2, 0.25) is 0 Å². The summed E-state index contributed by atoms with van der Waals surface area (Å²) in [5.41, 5.74) is 3.84. The Hall–Kier alpha value is -1.32. The molecule has 1 aromatic carbocycles. The highest BCUT2D eigenvalue weighted by atomic mass is 16.3. The molecule has 1 fully saturated rings. The number of rotatable bonds is 4. The number of para-hydroxylation sites is 1. The van der Waals surface area contributed by atoms with Gasteiger partial charge < -0.3 is 14.6 Å². The van der Waals surface area contributed by atoms with Gasteiger partial charge in [-0.25, -0.2) is 0 Å². The molecule has 3 heteroatoms. The number of fused-ring (bicyclic) bond motifs is 1. The van der Waals surface area contributed by atoms with Crippen molar-refractivity contribution < 1.29 is 5.11 Å². The van der Waals surface area contributed by atoms with Crippen molar-refractivity contribution in [1.82, 2.24) is 9.47 Å². The van der Waals surface area contributed by atoms with Crippen LogP contribution in [0.5, 0.6) is 0 Å². The number of aromatic nitrogens is 1. The van der Waals surface area contributed by atoms with E-state index in [1.54, 1.807) is 0 Å². The van der Waals surface area contributed by atoms with Crippen LogP contribution in [0.25, 0.3) is 10.9 Å². The van der Waals surface area contributed by atoms with Crippen LogP contribution in [0.2, 0.25) is 0 Å². The van der Waals surface area contributed by atoms with E-state index in [4.69, 9.17) is 0 Å². The van der Waals surface area contributed by atoms with Crippen LogP contribution in [0.15, 0.2) is 24.3 Å². The molecule has 2 aromatic rings. The SMILES string of the molecule is Cc1c(C)n(C[C@@H](O)CN2CCCCC2)c2ccccc12. The number of piperidine rings is 1. The number of hydrogen-bond acceptors (Lipinski definition) is 2. The van der Waals surface area contributed by atoms with Crippen LogP contribution >= 0.6 is 0 Å². The normalized spacial score (nSPS) is 18.2. The Morgan fingerprint density at radius 3 is 2.52 bits per heavy atom. The highest BCUT2D eigenvalue weighted by molar-refractivity contribution is 5.85. The van der Waals surface area contributed by atoms with Gasteiger partial charge in [0, 0.05) is 23.1 Å². The fourth-order valence-corrected chi connectivity index (χ4v) is 3.55. The minimum Gasteiger partial charge on any atom is -0.390 e. The minimum absolute atomic E-state index is 0.294. The molecule has 0 bridgehead atoms. The molecule has 1 aliphatic rings. The van der Waals surface area contributed by atoms with E-state index in [1.165, 1.54) is 41.4 Å². The third-order valence-electron chi connectivity index (χ3n) is 4.86. The van der Waals surface area contributed by atoms with Crippen molar-refractivity contribution in [2.45, 2.75) is 45.8 Å². The zero-order valence-electron chi connectivity index (χ0n) is 13.2. The largest absolute Gasteiger partial charge is 0.390 e. The standard InChI is InChI=1S/C18H26N2O/c1-14-15(2)20(18-9-5-4-8-17(14)18)13-16(21)12-19-10-6-3-7-11-19/h4-5,8-9,16,21H,3,6-7,10-13H2,1-2H3/t16-/m0/s1. The molecule has 1 atom stereocenters. The first kappa shape index (κ1) is 14.6. The molecule has 0 unspecified atom stereocenters. The van der Waals surface area contributed by atoms with Gasteiger partial charge in [-0.2, -0.15) is 0 Å². The maximum atomic E-state index is 10.5. The Morgan fingerprint density at radius 1 is 1.05 bits per heavy atom. The third kappa shape index (κ3) is 2.99. The number of β-amino-alcohol motifs (C(OH)–C–C–N with tert-alkyl or cyclic N) is 1. The summed E-state index contributed by atoms with van der Waals surface area (Å²) in [6.45, 7) is 8.10. The fraction of sp³-hybridized carbons (Fsp3) is 0.556. The van der Waals surface area contributed by atoms with Gasteiger partial charge in [-0.05, 0) is 51.4 Å². The summed E-state index contributed by atoms with van der Waals surface area (Å²) >= 11 is 0. The van der Waals surface area contributed by atoms with E-state index < -0.39 is 0 Å². The molecule has 0 radical (unpaired) electrons. The quantitative estimate of drug-likeness (QED) is 0.935. The van der Waals surface area contributed by atoms with Crippen LogP contribution in [0.1, 0.15) is 30.5 Å². The first-order chi connectivity index (χ1) is 10.2. The van der Waals surface area contributed by atoms with Crippen molar-refractivity contribution in [2.75, 3.05) is 19.6 Å². The molecule has 0 spiro atoms. The number of benzene rings is 1. The molecule has 0 amide bonds. The van der Waals surface area contributed by atoms with Crippen molar-refractivity contribution in [3.8, 4) is 0 Å². The van der Waals surface area contributed by atoms with Gasteiger partial charge in [0.15, 0.2) is 0 Å². The third-order valence-corrected chi connectivity index (χ3v) is 4.86. The second-order valence-corrected chi connectivity index (χ2v) is 6.35. The van der Waals surface area contributed by atoms with Crippen LogP contribution in [0, 0.1) is 13.8 Å². The number of aliphatic hydroxyl groups excluding tert-OH is 1. The Morgan fingerprint density at radius 2 is 1.76 bits per heavy atom. The van der Waals surface area contributed by atoms with Crippen LogP contribution in [0.4, 0.5) is 0 Å². The summed E-state index contributed by atoms with van der Waals surface area (Å²) in [6.07, 6.45) is 3.60. The smallest absolute Gasteiger partial charge is 0.0845 e. The van der Waals surface area contributed by atoms with Gasteiger partial charge in [-0.1, -0.05) is 24.6 Å². The highest BCUT2D eigenvalue weighted by Crippen LogP contribution is 2.25. The lowest BCUT2D eigenvalue weighted by Crippen LogP contribution is -2.38. The zero-order valence-corrected chi connectivity index (χ0v) is 13.2. The number of aliphatic hydroxyl groups is 1. The lowest BCUT2D eigenvalue weighted by Gasteiger charge is -2.28.